The van der Waals surface area contributed by atoms with Crippen molar-refractivity contribution in [2.75, 3.05) is 0 Å². The van der Waals surface area contributed by atoms with Crippen molar-refractivity contribution in [1.82, 2.24) is 0 Å². The van der Waals surface area contributed by atoms with Gasteiger partial charge in [0.15, 0.2) is 0 Å². The topological polar surface area (TPSA) is 0 Å². The second-order valence-corrected chi connectivity index (χ2v) is 7.76. The van der Waals surface area contributed by atoms with Crippen LogP contribution >= 0.6 is 0 Å². The fourth-order valence-electron chi connectivity index (χ4n) is 1.44. The predicted octanol–water partition coefficient (Wildman–Crippen LogP) is 2.07. The van der Waals surface area contributed by atoms with Crippen molar-refractivity contribution < 1.29 is 0 Å². The third kappa shape index (κ3) is 1.87. The van der Waals surface area contributed by atoms with Crippen molar-refractivity contribution >= 4 is 19.0 Å². The van der Waals surface area contributed by atoms with Gasteiger partial charge in [0, 0.05) is 0 Å². The Labute approximate surface area is 73.9 Å². The molecule has 0 aliphatic rings. The molecular formula is C10H14As. The molecule has 1 heteroatoms. The van der Waals surface area contributed by atoms with Crippen LogP contribution in [0.4, 0.5) is 0 Å². The molecule has 0 saturated carbocycles. The molecule has 0 aliphatic heterocycles. The molecule has 0 amide bonds. The van der Waals surface area contributed by atoms with E-state index < -0.39 is 14.7 Å². The van der Waals surface area contributed by atoms with Gasteiger partial charge in [-0.25, -0.2) is 0 Å². The van der Waals surface area contributed by atoms with Crippen LogP contribution in [0.15, 0.2) is 12.1 Å². The molecule has 1 rings (SSSR count). The maximum atomic E-state index is 3.15. The molecule has 0 nitrogen and oxygen atoms in total. The van der Waals surface area contributed by atoms with E-state index in [9.17, 15) is 0 Å². The van der Waals surface area contributed by atoms with E-state index in [4.69, 9.17) is 0 Å². The maximum absolute atomic E-state index is 3.15. The SMILES string of the molecule is Cc1c[c]cc(C)c1[As](C)C. The van der Waals surface area contributed by atoms with Gasteiger partial charge in [0.25, 0.3) is 0 Å². The molecule has 0 unspecified atom stereocenters. The molecule has 11 heavy (non-hydrogen) atoms. The standard InChI is InChI=1S/C10H14As/c1-8-6-5-7-9(2)10(8)11(3)4/h6-7H,1-4H3. The van der Waals surface area contributed by atoms with Crippen LogP contribution in [-0.2, 0) is 0 Å². The molecule has 0 aromatic heterocycles. The zero-order valence-electron chi connectivity index (χ0n) is 7.60. The molecule has 1 radical (unpaired) electrons. The third-order valence-electron chi connectivity index (χ3n) is 1.79. The minimum atomic E-state index is -0.690. The van der Waals surface area contributed by atoms with E-state index in [2.05, 4.69) is 43.5 Å². The Kier molecular flexibility index (Phi) is 2.78. The summed E-state index contributed by atoms with van der Waals surface area (Å²) in [4.78, 5) is 0. The molecule has 0 heterocycles. The van der Waals surface area contributed by atoms with Crippen molar-refractivity contribution in [2.24, 2.45) is 0 Å². The number of aryl methyl sites for hydroxylation is 2. The van der Waals surface area contributed by atoms with Crippen LogP contribution in [0.5, 0.6) is 0 Å². The van der Waals surface area contributed by atoms with Crippen LogP contribution in [0, 0.1) is 19.9 Å². The first-order valence-corrected chi connectivity index (χ1v) is 8.46. The van der Waals surface area contributed by atoms with Gasteiger partial charge < -0.3 is 0 Å². The van der Waals surface area contributed by atoms with Crippen LogP contribution in [0.3, 0.4) is 0 Å². The summed E-state index contributed by atoms with van der Waals surface area (Å²) in [5, 5.41) is 0. The summed E-state index contributed by atoms with van der Waals surface area (Å²) in [6.07, 6.45) is 0. The molecule has 0 spiro atoms. The second-order valence-electron chi connectivity index (χ2n) is 3.06. The number of benzene rings is 1. The fraction of sp³-hybridized carbons (Fsp3) is 0.400. The van der Waals surface area contributed by atoms with E-state index in [1.165, 1.54) is 11.1 Å². The van der Waals surface area contributed by atoms with Crippen molar-refractivity contribution in [3.63, 3.8) is 0 Å². The quantitative estimate of drug-likeness (QED) is 0.621. The molecule has 0 bridgehead atoms. The van der Waals surface area contributed by atoms with Crippen LogP contribution in [0.2, 0.25) is 11.4 Å². The molecule has 1 aromatic carbocycles. The summed E-state index contributed by atoms with van der Waals surface area (Å²) in [6.45, 7) is 4.38. The molecule has 0 saturated heterocycles. The molecule has 0 N–H and O–H groups in total. The number of hydrogen-bond acceptors (Lipinski definition) is 0. The zero-order chi connectivity index (χ0) is 8.43. The first-order chi connectivity index (χ1) is 5.13. The van der Waals surface area contributed by atoms with Crippen molar-refractivity contribution in [3.05, 3.63) is 29.3 Å². The van der Waals surface area contributed by atoms with Gasteiger partial charge in [0.2, 0.25) is 0 Å². The normalized spacial score (nSPS) is 10.6. The van der Waals surface area contributed by atoms with Gasteiger partial charge in [-0.1, -0.05) is 0 Å². The average Bonchev–Trinajstić information content (AvgIpc) is 1.85. The Morgan fingerprint density at radius 2 is 1.55 bits per heavy atom. The second kappa shape index (κ2) is 3.45. The summed E-state index contributed by atoms with van der Waals surface area (Å²) in [5.74, 6) is 0. The Bertz CT molecular complexity index is 231. The molecule has 59 valence electrons. The van der Waals surface area contributed by atoms with Crippen LogP contribution < -0.4 is 4.35 Å². The first-order valence-electron chi connectivity index (χ1n) is 3.77. The van der Waals surface area contributed by atoms with Crippen LogP contribution in [-0.4, -0.2) is 14.7 Å². The van der Waals surface area contributed by atoms with Gasteiger partial charge in [0.1, 0.15) is 0 Å². The third-order valence-corrected chi connectivity index (χ3v) is 5.15. The van der Waals surface area contributed by atoms with E-state index >= 15 is 0 Å². The number of rotatable bonds is 1. The van der Waals surface area contributed by atoms with Crippen molar-refractivity contribution in [1.29, 1.82) is 0 Å². The number of hydrogen-bond donors (Lipinski definition) is 0. The van der Waals surface area contributed by atoms with Crippen LogP contribution in [0.1, 0.15) is 11.1 Å². The van der Waals surface area contributed by atoms with Gasteiger partial charge in [-0.3, -0.25) is 0 Å². The Morgan fingerprint density at radius 3 is 1.82 bits per heavy atom. The monoisotopic (exact) mass is 209 g/mol. The Morgan fingerprint density at radius 1 is 1.09 bits per heavy atom. The fourth-order valence-corrected chi connectivity index (χ4v) is 4.68. The van der Waals surface area contributed by atoms with E-state index in [-0.39, 0.29) is 0 Å². The zero-order valence-corrected chi connectivity index (χ0v) is 9.48. The van der Waals surface area contributed by atoms with Crippen molar-refractivity contribution in [2.45, 2.75) is 25.3 Å². The Hall–Kier alpha value is -0.222. The van der Waals surface area contributed by atoms with Gasteiger partial charge in [0.05, 0.1) is 0 Å². The minimum absolute atomic E-state index is 0.690. The molecule has 1 aromatic rings. The van der Waals surface area contributed by atoms with Gasteiger partial charge in [-0.15, -0.1) is 0 Å². The van der Waals surface area contributed by atoms with Gasteiger partial charge in [-0.2, -0.15) is 0 Å². The summed E-state index contributed by atoms with van der Waals surface area (Å²) in [7, 11) is 0. The predicted molar refractivity (Wildman–Crippen MR) is 51.9 cm³/mol. The molecular weight excluding hydrogens is 195 g/mol. The van der Waals surface area contributed by atoms with Gasteiger partial charge in [-0.05, 0) is 0 Å². The van der Waals surface area contributed by atoms with E-state index in [0.29, 0.717) is 0 Å². The van der Waals surface area contributed by atoms with E-state index in [1.54, 1.807) is 4.35 Å². The summed E-state index contributed by atoms with van der Waals surface area (Å²) in [6, 6.07) is 7.34. The Balaban J connectivity index is 3.21. The summed E-state index contributed by atoms with van der Waals surface area (Å²) < 4.78 is 1.62. The molecule has 0 fully saturated rings. The molecule has 0 aliphatic carbocycles. The van der Waals surface area contributed by atoms with Gasteiger partial charge >= 0.3 is 73.6 Å². The summed E-state index contributed by atoms with van der Waals surface area (Å²) in [5.41, 5.74) is 7.61. The molecule has 0 atom stereocenters. The van der Waals surface area contributed by atoms with E-state index in [0.717, 1.165) is 0 Å². The van der Waals surface area contributed by atoms with Crippen molar-refractivity contribution in [3.8, 4) is 0 Å². The average molecular weight is 209 g/mol. The van der Waals surface area contributed by atoms with E-state index in [1.807, 2.05) is 0 Å². The first kappa shape index (κ1) is 8.87. The van der Waals surface area contributed by atoms with Crippen LogP contribution in [0.25, 0.3) is 0 Å². The summed E-state index contributed by atoms with van der Waals surface area (Å²) >= 11 is -0.690.